The molecule has 0 saturated heterocycles. The molecular formula is H12Na7O10P3. The van der Waals surface area contributed by atoms with Gasteiger partial charge in [-0.1, -0.05) is 0 Å². The molecule has 0 radical (unpaired) electrons. The fourth-order valence-corrected chi connectivity index (χ4v) is 2.82. The van der Waals surface area contributed by atoms with Crippen LogP contribution >= 0.6 is 23.5 Å². The molecule has 0 fully saturated rings. The van der Waals surface area contributed by atoms with Crippen molar-refractivity contribution >= 4 is 230 Å². The second-order valence-corrected chi connectivity index (χ2v) is 5.82. The molecule has 0 aromatic rings. The van der Waals surface area contributed by atoms with Gasteiger partial charge in [-0.15, -0.1) is 0 Å². The molecule has 0 rings (SSSR count). The van der Waals surface area contributed by atoms with Crippen LogP contribution < -0.4 is 0 Å². The normalized spacial score (nSPS) is 9.45. The van der Waals surface area contributed by atoms with Crippen LogP contribution in [0.25, 0.3) is 0 Å². The van der Waals surface area contributed by atoms with Gasteiger partial charge in [-0.25, -0.2) is 13.7 Å². The van der Waals surface area contributed by atoms with E-state index >= 15 is 0 Å². The summed E-state index contributed by atoms with van der Waals surface area (Å²) < 4.78 is 36.4. The molecule has 0 unspecified atom stereocenters. The summed E-state index contributed by atoms with van der Waals surface area (Å²) in [6.45, 7) is 0. The van der Waals surface area contributed by atoms with Crippen molar-refractivity contribution in [1.29, 1.82) is 0 Å². The first-order valence-electron chi connectivity index (χ1n) is 2.28. The van der Waals surface area contributed by atoms with Crippen LogP contribution in [0.5, 0.6) is 0 Å². The molecule has 0 amide bonds. The van der Waals surface area contributed by atoms with Crippen molar-refractivity contribution in [1.82, 2.24) is 0 Å². The molecule has 10 nitrogen and oxygen atoms in total. The monoisotopic (exact) mass is 426 g/mol. The fraction of sp³-hybridized carbons (Fsp3) is 0. The summed E-state index contributed by atoms with van der Waals surface area (Å²) >= 11 is 0. The zero-order chi connectivity index (χ0) is 10.9. The molecule has 0 spiro atoms. The summed E-state index contributed by atoms with van der Waals surface area (Å²) in [7, 11) is -16.2. The van der Waals surface area contributed by atoms with Gasteiger partial charge in [0.1, 0.15) is 0 Å². The van der Waals surface area contributed by atoms with Crippen LogP contribution in [0.4, 0.5) is 0 Å². The summed E-state index contributed by atoms with van der Waals surface area (Å²) in [6, 6.07) is 0. The number of hydrogen-bond donors (Lipinski definition) is 5. The van der Waals surface area contributed by atoms with Crippen LogP contribution in [0.15, 0.2) is 0 Å². The molecular weight excluding hydrogens is 414 g/mol. The predicted molar refractivity (Wildman–Crippen MR) is 86.1 cm³/mol. The van der Waals surface area contributed by atoms with Gasteiger partial charge in [-0.05, 0) is 0 Å². The maximum absolute atomic E-state index is 10.4. The average molecular weight is 426 g/mol. The first kappa shape index (κ1) is 50.7. The van der Waals surface area contributed by atoms with Gasteiger partial charge in [0.2, 0.25) is 0 Å². The van der Waals surface area contributed by atoms with Crippen molar-refractivity contribution in [3.05, 3.63) is 0 Å². The molecule has 20 heteroatoms. The van der Waals surface area contributed by atoms with Crippen molar-refractivity contribution in [2.75, 3.05) is 0 Å². The zero-order valence-corrected chi connectivity index (χ0v) is 8.30. The molecule has 0 bridgehead atoms. The molecule has 20 heavy (non-hydrogen) atoms. The minimum atomic E-state index is -5.46. The average Bonchev–Trinajstić information content (AvgIpc) is 1.43. The van der Waals surface area contributed by atoms with Crippen LogP contribution in [0, 0.1) is 0 Å². The Morgan fingerprint density at radius 3 is 0.750 bits per heavy atom. The molecule has 0 aromatic heterocycles. The summed E-state index contributed by atoms with van der Waals surface area (Å²) in [5.41, 5.74) is 0. The molecule has 0 aromatic carbocycles. The van der Waals surface area contributed by atoms with E-state index in [0.29, 0.717) is 0 Å². The van der Waals surface area contributed by atoms with E-state index in [9.17, 15) is 13.7 Å². The van der Waals surface area contributed by atoms with Crippen LogP contribution in [-0.2, 0) is 22.3 Å². The van der Waals surface area contributed by atoms with Crippen LogP contribution in [0.2, 0.25) is 0 Å². The predicted octanol–water partition coefficient (Wildman–Crippen LogP) is -5.23. The Labute approximate surface area is 270 Å². The first-order valence-corrected chi connectivity index (χ1v) is 6.83. The van der Waals surface area contributed by atoms with E-state index in [1.165, 1.54) is 0 Å². The van der Waals surface area contributed by atoms with Gasteiger partial charge in [0, 0.05) is 0 Å². The van der Waals surface area contributed by atoms with Crippen LogP contribution in [0.3, 0.4) is 0 Å². The van der Waals surface area contributed by atoms with Crippen molar-refractivity contribution in [2.24, 2.45) is 0 Å². The van der Waals surface area contributed by atoms with Gasteiger partial charge in [0.25, 0.3) is 0 Å². The standard InChI is InChI=1S/7Na.H5O10P3.7H/c;;;;;;;1-11(2,3)9-13(7,8)10-12(4,5)6;;;;;;;/h;;;;;;;(H,7,8)(H2,1,2,3)(H2,4,5,6);;;;;;;. The third kappa shape index (κ3) is 40.2. The Kier molecular flexibility index (Phi) is 57.6. The third-order valence-corrected chi connectivity index (χ3v) is 3.77. The Balaban J connectivity index is -0.0000000343. The van der Waals surface area contributed by atoms with E-state index in [2.05, 4.69) is 8.62 Å². The third-order valence-electron chi connectivity index (χ3n) is 0.419. The summed E-state index contributed by atoms with van der Waals surface area (Å²) in [5, 5.41) is 0. The van der Waals surface area contributed by atoms with Crippen LogP contribution in [-0.4, -0.2) is 231 Å². The minimum absolute atomic E-state index is 0. The number of phosphoric acid groups is 3. The number of rotatable bonds is 4. The Morgan fingerprint density at radius 1 is 0.500 bits per heavy atom. The molecule has 0 saturated carbocycles. The zero-order valence-electron chi connectivity index (χ0n) is 5.62. The van der Waals surface area contributed by atoms with Gasteiger partial charge in [0.15, 0.2) is 0 Å². The maximum atomic E-state index is 10.4. The van der Waals surface area contributed by atoms with Gasteiger partial charge >= 0.3 is 230 Å². The van der Waals surface area contributed by atoms with E-state index in [0.717, 1.165) is 0 Å². The molecule has 0 aliphatic rings. The first-order chi connectivity index (χ1) is 5.41. The van der Waals surface area contributed by atoms with Crippen molar-refractivity contribution in [2.45, 2.75) is 0 Å². The van der Waals surface area contributed by atoms with Crippen LogP contribution in [0.1, 0.15) is 0 Å². The van der Waals surface area contributed by atoms with E-state index in [4.69, 9.17) is 24.5 Å². The number of hydrogen-bond acceptors (Lipinski definition) is 5. The topological polar surface area (TPSA) is 171 Å². The van der Waals surface area contributed by atoms with Gasteiger partial charge < -0.3 is 24.5 Å². The van der Waals surface area contributed by atoms with E-state index in [1.54, 1.807) is 0 Å². The fourth-order valence-electron chi connectivity index (χ4n) is 0.284. The van der Waals surface area contributed by atoms with Crippen molar-refractivity contribution < 1.29 is 46.8 Å². The van der Waals surface area contributed by atoms with E-state index < -0.39 is 23.5 Å². The van der Waals surface area contributed by atoms with Crippen molar-refractivity contribution in [3.8, 4) is 0 Å². The van der Waals surface area contributed by atoms with Gasteiger partial charge in [-0.3, -0.25) is 0 Å². The second-order valence-electron chi connectivity index (χ2n) is 1.61. The van der Waals surface area contributed by atoms with E-state index in [-0.39, 0.29) is 207 Å². The molecule has 0 aliphatic heterocycles. The molecule has 0 aliphatic carbocycles. The molecule has 94 valence electrons. The Bertz CT molecular complexity index is 291. The van der Waals surface area contributed by atoms with Crippen molar-refractivity contribution in [3.63, 3.8) is 0 Å². The summed E-state index contributed by atoms with van der Waals surface area (Å²) in [4.78, 5) is 40.2. The molecule has 5 N–H and O–H groups in total. The Hall–Kier alpha value is 7.41. The quantitative estimate of drug-likeness (QED) is 0.216. The Morgan fingerprint density at radius 2 is 0.650 bits per heavy atom. The molecule has 0 atom stereocenters. The second kappa shape index (κ2) is 22.7. The molecule has 0 heterocycles. The van der Waals surface area contributed by atoms with E-state index in [1.807, 2.05) is 0 Å². The summed E-state index contributed by atoms with van der Waals surface area (Å²) in [5.74, 6) is 0. The SMILES string of the molecule is O=P(O)(O)OP(=O)(O)OP(=O)(O)O.[NaH].[NaH].[NaH].[NaH].[NaH].[NaH].[NaH]. The van der Waals surface area contributed by atoms with Gasteiger partial charge in [0.05, 0.1) is 0 Å². The van der Waals surface area contributed by atoms with Gasteiger partial charge in [-0.2, -0.15) is 8.62 Å². The summed E-state index contributed by atoms with van der Waals surface area (Å²) in [6.07, 6.45) is 0.